The van der Waals surface area contributed by atoms with E-state index in [0.717, 1.165) is 19.6 Å². The van der Waals surface area contributed by atoms with Gasteiger partial charge >= 0.3 is 0 Å². The molecule has 2 rings (SSSR count). The number of nitrogens with zero attached hydrogens (tertiary/aromatic N) is 2. The highest BCUT2D eigenvalue weighted by atomic mass is 19.1. The van der Waals surface area contributed by atoms with Gasteiger partial charge in [0.2, 0.25) is 0 Å². The van der Waals surface area contributed by atoms with E-state index in [9.17, 15) is 9.18 Å². The Hall–Kier alpha value is -1.77. The number of rotatable bonds is 5. The number of nitrogen functional groups attached to an aromatic ring is 1. The van der Waals surface area contributed by atoms with Crippen molar-refractivity contribution in [3.05, 3.63) is 23.6 Å². The first kappa shape index (κ1) is 15.6. The molecule has 0 spiro atoms. The van der Waals surface area contributed by atoms with Crippen LogP contribution in [0.3, 0.4) is 0 Å². The van der Waals surface area contributed by atoms with Crippen LogP contribution >= 0.6 is 0 Å². The van der Waals surface area contributed by atoms with E-state index in [0.29, 0.717) is 13.2 Å². The predicted molar refractivity (Wildman–Crippen MR) is 76.2 cm³/mol. The van der Waals surface area contributed by atoms with Gasteiger partial charge in [-0.05, 0) is 12.6 Å². The SMILES string of the molecule is CCN1CCOC(CNC(=O)c2ccnc(NN)c2F)C1. The van der Waals surface area contributed by atoms with Crippen LogP contribution < -0.4 is 16.6 Å². The van der Waals surface area contributed by atoms with Gasteiger partial charge in [0.15, 0.2) is 11.6 Å². The van der Waals surface area contributed by atoms with E-state index in [1.807, 2.05) is 0 Å². The van der Waals surface area contributed by atoms with Crippen molar-refractivity contribution >= 4 is 11.7 Å². The number of nitrogens with two attached hydrogens (primary N) is 1. The monoisotopic (exact) mass is 297 g/mol. The Bertz CT molecular complexity index is 499. The molecule has 1 atom stereocenters. The minimum absolute atomic E-state index is 0.0837. The molecule has 8 heteroatoms. The molecule has 1 aromatic heterocycles. The number of hydrogen-bond acceptors (Lipinski definition) is 6. The van der Waals surface area contributed by atoms with Crippen molar-refractivity contribution < 1.29 is 13.9 Å². The summed E-state index contributed by atoms with van der Waals surface area (Å²) in [5.41, 5.74) is 2.02. The molecule has 0 radical (unpaired) electrons. The van der Waals surface area contributed by atoms with Crippen molar-refractivity contribution in [1.29, 1.82) is 0 Å². The molecule has 4 N–H and O–H groups in total. The average Bonchev–Trinajstić information content (AvgIpc) is 2.53. The summed E-state index contributed by atoms with van der Waals surface area (Å²) in [6.07, 6.45) is 1.24. The number of carbonyl (C=O) groups excluding carboxylic acids is 1. The highest BCUT2D eigenvalue weighted by Gasteiger charge is 2.21. The zero-order chi connectivity index (χ0) is 15.2. The molecule has 1 unspecified atom stereocenters. The van der Waals surface area contributed by atoms with Gasteiger partial charge in [0.05, 0.1) is 18.3 Å². The second-order valence-corrected chi connectivity index (χ2v) is 4.76. The largest absolute Gasteiger partial charge is 0.374 e. The van der Waals surface area contributed by atoms with Crippen molar-refractivity contribution in [3.8, 4) is 0 Å². The van der Waals surface area contributed by atoms with Crippen molar-refractivity contribution in [3.63, 3.8) is 0 Å². The number of halogens is 1. The second-order valence-electron chi connectivity index (χ2n) is 4.76. The third kappa shape index (κ3) is 3.87. The quantitative estimate of drug-likeness (QED) is 0.521. The minimum Gasteiger partial charge on any atom is -0.374 e. The molecule has 21 heavy (non-hydrogen) atoms. The number of carbonyl (C=O) groups is 1. The number of hydrazine groups is 1. The maximum atomic E-state index is 13.9. The first-order valence-corrected chi connectivity index (χ1v) is 6.89. The molecule has 1 aliphatic rings. The first-order chi connectivity index (χ1) is 10.2. The number of ether oxygens (including phenoxy) is 1. The van der Waals surface area contributed by atoms with Crippen LogP contribution in [0.15, 0.2) is 12.3 Å². The van der Waals surface area contributed by atoms with Crippen LogP contribution in [0.1, 0.15) is 17.3 Å². The molecule has 2 heterocycles. The van der Waals surface area contributed by atoms with Crippen molar-refractivity contribution in [1.82, 2.24) is 15.2 Å². The molecule has 1 aromatic rings. The molecule has 1 amide bonds. The Kier molecular flexibility index (Phi) is 5.43. The molecular formula is C13H20FN5O2. The first-order valence-electron chi connectivity index (χ1n) is 6.89. The number of amides is 1. The molecule has 116 valence electrons. The summed E-state index contributed by atoms with van der Waals surface area (Å²) in [6.45, 7) is 5.64. The van der Waals surface area contributed by atoms with Gasteiger partial charge < -0.3 is 15.5 Å². The normalized spacial score (nSPS) is 19.3. The number of hydrogen-bond donors (Lipinski definition) is 3. The Morgan fingerprint density at radius 2 is 2.48 bits per heavy atom. The lowest BCUT2D eigenvalue weighted by Gasteiger charge is -2.32. The molecule has 0 aliphatic carbocycles. The fourth-order valence-corrected chi connectivity index (χ4v) is 2.21. The number of morpholine rings is 1. The van der Waals surface area contributed by atoms with Gasteiger partial charge in [0.1, 0.15) is 0 Å². The zero-order valence-electron chi connectivity index (χ0n) is 11.9. The molecule has 1 aliphatic heterocycles. The molecule has 0 bridgehead atoms. The maximum Gasteiger partial charge on any atom is 0.254 e. The van der Waals surface area contributed by atoms with Gasteiger partial charge in [0.25, 0.3) is 5.91 Å². The van der Waals surface area contributed by atoms with Crippen LogP contribution in [0, 0.1) is 5.82 Å². The molecule has 1 saturated heterocycles. The van der Waals surface area contributed by atoms with Gasteiger partial charge in [-0.1, -0.05) is 6.92 Å². The Morgan fingerprint density at radius 3 is 3.19 bits per heavy atom. The summed E-state index contributed by atoms with van der Waals surface area (Å²) in [5, 5.41) is 2.68. The highest BCUT2D eigenvalue weighted by molar-refractivity contribution is 5.95. The Morgan fingerprint density at radius 1 is 1.67 bits per heavy atom. The van der Waals surface area contributed by atoms with Crippen molar-refractivity contribution in [2.45, 2.75) is 13.0 Å². The molecule has 7 nitrogen and oxygen atoms in total. The van der Waals surface area contributed by atoms with E-state index < -0.39 is 11.7 Å². The van der Waals surface area contributed by atoms with Gasteiger partial charge in [-0.25, -0.2) is 15.2 Å². The fourth-order valence-electron chi connectivity index (χ4n) is 2.21. The lowest BCUT2D eigenvalue weighted by molar-refractivity contribution is -0.0246. The zero-order valence-corrected chi connectivity index (χ0v) is 11.9. The van der Waals surface area contributed by atoms with Crippen LogP contribution in [-0.4, -0.2) is 54.7 Å². The lowest BCUT2D eigenvalue weighted by Crippen LogP contribution is -2.47. The van der Waals surface area contributed by atoms with Gasteiger partial charge in [-0.3, -0.25) is 9.69 Å². The number of anilines is 1. The van der Waals surface area contributed by atoms with Gasteiger partial charge in [-0.2, -0.15) is 0 Å². The highest BCUT2D eigenvalue weighted by Crippen LogP contribution is 2.13. The van der Waals surface area contributed by atoms with Crippen LogP contribution in [0.2, 0.25) is 0 Å². The fraction of sp³-hybridized carbons (Fsp3) is 0.538. The van der Waals surface area contributed by atoms with E-state index in [4.69, 9.17) is 10.6 Å². The number of aromatic nitrogens is 1. The summed E-state index contributed by atoms with van der Waals surface area (Å²) in [7, 11) is 0. The summed E-state index contributed by atoms with van der Waals surface area (Å²) in [5.74, 6) is 3.70. The third-order valence-corrected chi connectivity index (χ3v) is 3.43. The topological polar surface area (TPSA) is 92.5 Å². The van der Waals surface area contributed by atoms with E-state index in [-0.39, 0.29) is 17.5 Å². The van der Waals surface area contributed by atoms with E-state index in [2.05, 4.69) is 27.6 Å². The maximum absolute atomic E-state index is 13.9. The summed E-state index contributed by atoms with van der Waals surface area (Å²) < 4.78 is 19.5. The van der Waals surface area contributed by atoms with Crippen LogP contribution in [0.5, 0.6) is 0 Å². The summed E-state index contributed by atoms with van der Waals surface area (Å²) in [6, 6.07) is 1.31. The number of likely N-dealkylation sites (N-methyl/N-ethyl adjacent to an activating group) is 1. The Balaban J connectivity index is 1.93. The molecule has 0 saturated carbocycles. The van der Waals surface area contributed by atoms with E-state index in [1.165, 1.54) is 12.3 Å². The standard InChI is InChI=1S/C13H20FN5O2/c1-2-19-5-6-21-9(8-19)7-17-13(20)10-3-4-16-12(18-15)11(10)14/h3-4,9H,2,5-8,15H2,1H3,(H,16,18)(H,17,20). The van der Waals surface area contributed by atoms with Crippen LogP contribution in [-0.2, 0) is 4.74 Å². The molecular weight excluding hydrogens is 277 g/mol. The van der Waals surface area contributed by atoms with Crippen LogP contribution in [0.4, 0.5) is 10.2 Å². The second kappa shape index (κ2) is 7.30. The average molecular weight is 297 g/mol. The lowest BCUT2D eigenvalue weighted by atomic mass is 10.2. The number of pyridine rings is 1. The predicted octanol–water partition coefficient (Wildman–Crippen LogP) is -0.0432. The molecule has 1 fully saturated rings. The minimum atomic E-state index is -0.766. The summed E-state index contributed by atoms with van der Waals surface area (Å²) in [4.78, 5) is 17.9. The van der Waals surface area contributed by atoms with E-state index >= 15 is 0 Å². The van der Waals surface area contributed by atoms with Gasteiger partial charge in [-0.15, -0.1) is 0 Å². The van der Waals surface area contributed by atoms with Crippen molar-refractivity contribution in [2.24, 2.45) is 5.84 Å². The smallest absolute Gasteiger partial charge is 0.254 e. The van der Waals surface area contributed by atoms with Crippen LogP contribution in [0.25, 0.3) is 0 Å². The van der Waals surface area contributed by atoms with E-state index in [1.54, 1.807) is 0 Å². The summed E-state index contributed by atoms with van der Waals surface area (Å²) >= 11 is 0. The molecule has 0 aromatic carbocycles. The van der Waals surface area contributed by atoms with Gasteiger partial charge in [0, 0.05) is 25.8 Å². The number of nitrogens with one attached hydrogen (secondary N) is 2. The third-order valence-electron chi connectivity index (χ3n) is 3.43. The van der Waals surface area contributed by atoms with Crippen molar-refractivity contribution in [2.75, 3.05) is 38.2 Å². The Labute approximate surface area is 122 Å².